The second-order valence-electron chi connectivity index (χ2n) is 4.29. The zero-order chi connectivity index (χ0) is 15.5. The number of aromatic carboxylic acids is 1. The van der Waals surface area contributed by atoms with Gasteiger partial charge in [-0.2, -0.15) is 0 Å². The van der Waals surface area contributed by atoms with Crippen LogP contribution < -0.4 is 4.74 Å². The van der Waals surface area contributed by atoms with Crippen LogP contribution in [0.2, 0.25) is 0 Å². The van der Waals surface area contributed by atoms with E-state index >= 15 is 0 Å². The molecule has 0 atom stereocenters. The van der Waals surface area contributed by atoms with Gasteiger partial charge < -0.3 is 9.84 Å². The minimum atomic E-state index is -1.05. The Morgan fingerprint density at radius 1 is 1.18 bits per heavy atom. The Morgan fingerprint density at radius 3 is 2.55 bits per heavy atom. The number of ether oxygens (including phenoxy) is 1. The molecule has 0 saturated heterocycles. The predicted octanol–water partition coefficient (Wildman–Crippen LogP) is 0.826. The van der Waals surface area contributed by atoms with Crippen LogP contribution in [0.1, 0.15) is 10.4 Å². The van der Waals surface area contributed by atoms with Crippen LogP contribution in [0, 0.1) is 0 Å². The fourth-order valence-corrected chi connectivity index (χ4v) is 1.88. The number of rotatable bonds is 4. The van der Waals surface area contributed by atoms with E-state index in [1.807, 2.05) is 0 Å². The number of nitrogens with zero attached hydrogens (tertiary/aromatic N) is 6. The number of hydrogen-bond acceptors (Lipinski definition) is 7. The van der Waals surface area contributed by atoms with E-state index in [9.17, 15) is 9.90 Å². The van der Waals surface area contributed by atoms with Crippen molar-refractivity contribution >= 4 is 5.97 Å². The molecule has 9 nitrogen and oxygen atoms in total. The van der Waals surface area contributed by atoms with Gasteiger partial charge in [-0.1, -0.05) is 0 Å². The van der Waals surface area contributed by atoms with Crippen molar-refractivity contribution in [2.24, 2.45) is 0 Å². The maximum Gasteiger partial charge on any atom is 0.335 e. The standard InChI is InChI=1S/C13H10N6O3/c1-22-13-14-5-10(6-15-13)8-2-9(12(20)21)4-11(3-8)19-7-16-17-18-19/h2-7H,1H3,(H,20,21). The van der Waals surface area contributed by atoms with Crippen molar-refractivity contribution in [3.8, 4) is 22.8 Å². The summed E-state index contributed by atoms with van der Waals surface area (Å²) in [5, 5.41) is 20.1. The molecular weight excluding hydrogens is 288 g/mol. The Labute approximate surface area is 124 Å². The van der Waals surface area contributed by atoms with E-state index in [1.54, 1.807) is 18.5 Å². The molecule has 0 aliphatic rings. The topological polar surface area (TPSA) is 116 Å². The molecule has 9 heteroatoms. The third-order valence-electron chi connectivity index (χ3n) is 2.92. The number of carbonyl (C=O) groups is 1. The van der Waals surface area contributed by atoms with Gasteiger partial charge in [0, 0.05) is 18.0 Å². The molecule has 2 heterocycles. The fraction of sp³-hybridized carbons (Fsp3) is 0.0769. The normalized spacial score (nSPS) is 10.4. The maximum absolute atomic E-state index is 11.3. The van der Waals surface area contributed by atoms with Crippen molar-refractivity contribution in [3.05, 3.63) is 42.5 Å². The molecular formula is C13H10N6O3. The van der Waals surface area contributed by atoms with Gasteiger partial charge in [0.15, 0.2) is 0 Å². The van der Waals surface area contributed by atoms with Gasteiger partial charge >= 0.3 is 12.0 Å². The highest BCUT2D eigenvalue weighted by Gasteiger charge is 2.11. The first kappa shape index (κ1) is 13.6. The summed E-state index contributed by atoms with van der Waals surface area (Å²) >= 11 is 0. The summed E-state index contributed by atoms with van der Waals surface area (Å²) in [6.07, 6.45) is 4.49. The van der Waals surface area contributed by atoms with Crippen molar-refractivity contribution < 1.29 is 14.6 Å². The van der Waals surface area contributed by atoms with Crippen LogP contribution in [-0.2, 0) is 0 Å². The maximum atomic E-state index is 11.3. The minimum absolute atomic E-state index is 0.110. The van der Waals surface area contributed by atoms with E-state index in [0.717, 1.165) is 0 Å². The van der Waals surface area contributed by atoms with Gasteiger partial charge in [-0.3, -0.25) is 0 Å². The van der Waals surface area contributed by atoms with Gasteiger partial charge in [0.1, 0.15) is 6.33 Å². The second kappa shape index (κ2) is 5.56. The van der Waals surface area contributed by atoms with Crippen molar-refractivity contribution in [3.63, 3.8) is 0 Å². The quantitative estimate of drug-likeness (QED) is 0.752. The number of tetrazole rings is 1. The minimum Gasteiger partial charge on any atom is -0.478 e. The summed E-state index contributed by atoms with van der Waals surface area (Å²) in [5.74, 6) is -1.05. The van der Waals surface area contributed by atoms with Gasteiger partial charge in [0.2, 0.25) is 0 Å². The highest BCUT2D eigenvalue weighted by molar-refractivity contribution is 5.90. The molecule has 22 heavy (non-hydrogen) atoms. The molecule has 3 rings (SSSR count). The van der Waals surface area contributed by atoms with Crippen LogP contribution >= 0.6 is 0 Å². The first-order chi connectivity index (χ1) is 10.7. The Hall–Kier alpha value is -3.36. The first-order valence-corrected chi connectivity index (χ1v) is 6.15. The van der Waals surface area contributed by atoms with Gasteiger partial charge in [-0.15, -0.1) is 5.10 Å². The first-order valence-electron chi connectivity index (χ1n) is 6.15. The number of hydrogen-bond donors (Lipinski definition) is 1. The molecule has 110 valence electrons. The molecule has 1 N–H and O–H groups in total. The Morgan fingerprint density at radius 2 is 1.95 bits per heavy atom. The lowest BCUT2D eigenvalue weighted by molar-refractivity contribution is 0.0697. The summed E-state index contributed by atoms with van der Waals surface area (Å²) in [4.78, 5) is 19.3. The zero-order valence-electron chi connectivity index (χ0n) is 11.4. The van der Waals surface area contributed by atoms with Gasteiger partial charge in [-0.25, -0.2) is 19.4 Å². The number of benzene rings is 1. The van der Waals surface area contributed by atoms with Crippen LogP contribution in [0.15, 0.2) is 36.9 Å². The van der Waals surface area contributed by atoms with Crippen molar-refractivity contribution in [1.29, 1.82) is 0 Å². The van der Waals surface area contributed by atoms with E-state index < -0.39 is 5.97 Å². The average molecular weight is 298 g/mol. The number of methoxy groups -OCH3 is 1. The third kappa shape index (κ3) is 2.59. The Kier molecular flexibility index (Phi) is 3.44. The smallest absolute Gasteiger partial charge is 0.335 e. The molecule has 0 saturated carbocycles. The summed E-state index contributed by atoms with van der Waals surface area (Å²) in [6.45, 7) is 0. The van der Waals surface area contributed by atoms with Crippen LogP contribution in [0.25, 0.3) is 16.8 Å². The van der Waals surface area contributed by atoms with E-state index in [-0.39, 0.29) is 11.6 Å². The van der Waals surface area contributed by atoms with Crippen molar-refractivity contribution in [2.75, 3.05) is 7.11 Å². The lowest BCUT2D eigenvalue weighted by Gasteiger charge is -2.07. The molecule has 3 aromatic rings. The van der Waals surface area contributed by atoms with Crippen LogP contribution in [0.5, 0.6) is 6.01 Å². The molecule has 0 radical (unpaired) electrons. The zero-order valence-corrected chi connectivity index (χ0v) is 11.4. The fourth-order valence-electron chi connectivity index (χ4n) is 1.88. The molecule has 0 bridgehead atoms. The van der Waals surface area contributed by atoms with E-state index in [1.165, 1.54) is 30.3 Å². The van der Waals surface area contributed by atoms with E-state index in [0.29, 0.717) is 16.8 Å². The van der Waals surface area contributed by atoms with Gasteiger partial charge in [-0.05, 0) is 34.2 Å². The van der Waals surface area contributed by atoms with Crippen LogP contribution in [0.3, 0.4) is 0 Å². The van der Waals surface area contributed by atoms with Crippen LogP contribution in [0.4, 0.5) is 0 Å². The summed E-state index contributed by atoms with van der Waals surface area (Å²) in [6, 6.07) is 4.99. The molecule has 1 aromatic carbocycles. The van der Waals surface area contributed by atoms with E-state index in [4.69, 9.17) is 4.74 Å². The SMILES string of the molecule is COc1ncc(-c2cc(C(=O)O)cc(-n3cnnn3)c2)cn1. The summed E-state index contributed by atoms with van der Waals surface area (Å²) in [7, 11) is 1.47. The largest absolute Gasteiger partial charge is 0.478 e. The number of aromatic nitrogens is 6. The van der Waals surface area contributed by atoms with Gasteiger partial charge in [0.25, 0.3) is 0 Å². The number of carboxylic acid groups (broad SMARTS) is 1. The average Bonchev–Trinajstić information content (AvgIpc) is 3.09. The predicted molar refractivity (Wildman–Crippen MR) is 73.7 cm³/mol. The number of carboxylic acids is 1. The third-order valence-corrected chi connectivity index (χ3v) is 2.92. The molecule has 2 aromatic heterocycles. The summed E-state index contributed by atoms with van der Waals surface area (Å²) < 4.78 is 6.28. The molecule has 0 aliphatic heterocycles. The second-order valence-corrected chi connectivity index (χ2v) is 4.29. The van der Waals surface area contributed by atoms with Gasteiger partial charge in [0.05, 0.1) is 18.4 Å². The molecule has 0 unspecified atom stereocenters. The Balaban J connectivity index is 2.11. The highest BCUT2D eigenvalue weighted by atomic mass is 16.5. The molecule has 0 aliphatic carbocycles. The van der Waals surface area contributed by atoms with Crippen molar-refractivity contribution in [1.82, 2.24) is 30.2 Å². The Bertz CT molecular complexity index is 801. The van der Waals surface area contributed by atoms with Crippen molar-refractivity contribution in [2.45, 2.75) is 0 Å². The molecule has 0 spiro atoms. The van der Waals surface area contributed by atoms with E-state index in [2.05, 4.69) is 25.5 Å². The highest BCUT2D eigenvalue weighted by Crippen LogP contribution is 2.23. The molecule has 0 fully saturated rings. The summed E-state index contributed by atoms with van der Waals surface area (Å²) in [5.41, 5.74) is 1.92. The lowest BCUT2D eigenvalue weighted by atomic mass is 10.0. The van der Waals surface area contributed by atoms with Crippen LogP contribution in [-0.4, -0.2) is 48.4 Å². The lowest BCUT2D eigenvalue weighted by Crippen LogP contribution is -2.02. The monoisotopic (exact) mass is 298 g/mol. The molecule has 0 amide bonds.